The summed E-state index contributed by atoms with van der Waals surface area (Å²) in [6.07, 6.45) is 0.822. The van der Waals surface area contributed by atoms with Gasteiger partial charge in [-0.2, -0.15) is 0 Å². The topological polar surface area (TPSA) is 30.5 Å². The average molecular weight is 290 g/mol. The van der Waals surface area contributed by atoms with Crippen molar-refractivity contribution >= 4 is 23.2 Å². The molecule has 0 aliphatic carbocycles. The van der Waals surface area contributed by atoms with E-state index in [0.29, 0.717) is 24.8 Å². The third-order valence-electron chi connectivity index (χ3n) is 3.11. The first-order valence-electron chi connectivity index (χ1n) is 6.01. The van der Waals surface area contributed by atoms with Crippen molar-refractivity contribution in [3.63, 3.8) is 0 Å². The van der Waals surface area contributed by atoms with E-state index in [4.69, 9.17) is 32.7 Å². The number of benzene rings is 1. The van der Waals surface area contributed by atoms with Gasteiger partial charge in [0.05, 0.1) is 25.9 Å². The van der Waals surface area contributed by atoms with Crippen molar-refractivity contribution in [2.75, 3.05) is 26.9 Å². The minimum Gasteiger partial charge on any atom is -0.376 e. The van der Waals surface area contributed by atoms with E-state index in [1.165, 1.54) is 0 Å². The smallest absolute Gasteiger partial charge is 0.0965 e. The summed E-state index contributed by atoms with van der Waals surface area (Å²) in [4.78, 5) is 0. The van der Waals surface area contributed by atoms with Crippen LogP contribution in [0, 0.1) is 0 Å². The van der Waals surface area contributed by atoms with Gasteiger partial charge >= 0.3 is 0 Å². The van der Waals surface area contributed by atoms with Crippen LogP contribution in [0.5, 0.6) is 0 Å². The van der Waals surface area contributed by atoms with Crippen LogP contribution in [-0.4, -0.2) is 39.0 Å². The van der Waals surface area contributed by atoms with E-state index in [-0.39, 0.29) is 12.1 Å². The first kappa shape index (κ1) is 14.1. The van der Waals surface area contributed by atoms with Crippen LogP contribution in [0.4, 0.5) is 0 Å². The molecule has 2 unspecified atom stereocenters. The average Bonchev–Trinajstić information content (AvgIpc) is 2.41. The van der Waals surface area contributed by atoms with Gasteiger partial charge < -0.3 is 14.8 Å². The summed E-state index contributed by atoms with van der Waals surface area (Å²) in [5.74, 6) is 0. The summed E-state index contributed by atoms with van der Waals surface area (Å²) in [7, 11) is 1.92. The zero-order chi connectivity index (χ0) is 13.0. The van der Waals surface area contributed by atoms with Crippen LogP contribution in [0.1, 0.15) is 5.56 Å². The Hall–Kier alpha value is -0.320. The first-order chi connectivity index (χ1) is 8.70. The van der Waals surface area contributed by atoms with Gasteiger partial charge in [0.15, 0.2) is 0 Å². The highest BCUT2D eigenvalue weighted by molar-refractivity contribution is 6.33. The highest BCUT2D eigenvalue weighted by atomic mass is 35.5. The summed E-state index contributed by atoms with van der Waals surface area (Å²) in [6, 6.07) is 5.69. The molecule has 1 aliphatic rings. The van der Waals surface area contributed by atoms with Gasteiger partial charge in [0.1, 0.15) is 0 Å². The van der Waals surface area contributed by atoms with Crippen molar-refractivity contribution in [3.05, 3.63) is 33.8 Å². The third kappa shape index (κ3) is 3.59. The van der Waals surface area contributed by atoms with E-state index in [0.717, 1.165) is 17.0 Å². The molecule has 1 N–H and O–H groups in total. The van der Waals surface area contributed by atoms with Crippen LogP contribution in [0.25, 0.3) is 0 Å². The van der Waals surface area contributed by atoms with E-state index in [1.54, 1.807) is 6.07 Å². The quantitative estimate of drug-likeness (QED) is 0.924. The lowest BCUT2D eigenvalue weighted by atomic mass is 10.0. The lowest BCUT2D eigenvalue weighted by Gasteiger charge is -2.30. The Labute approximate surface area is 117 Å². The van der Waals surface area contributed by atoms with Crippen LogP contribution in [-0.2, 0) is 15.9 Å². The second-order valence-corrected chi connectivity index (χ2v) is 5.16. The highest BCUT2D eigenvalue weighted by Crippen LogP contribution is 2.23. The summed E-state index contributed by atoms with van der Waals surface area (Å²) in [5, 5.41) is 4.69. The van der Waals surface area contributed by atoms with Gasteiger partial charge in [-0.3, -0.25) is 0 Å². The first-order valence-corrected chi connectivity index (χ1v) is 6.77. The minimum atomic E-state index is 0.0544. The SMILES string of the molecule is CNC(Cc1cc(Cl)ccc1Cl)C1COCCO1. The predicted octanol–water partition coefficient (Wildman–Crippen LogP) is 2.54. The fraction of sp³-hybridized carbons (Fsp3) is 0.538. The largest absolute Gasteiger partial charge is 0.376 e. The standard InChI is InChI=1S/C13H17Cl2NO2/c1-16-12(13-8-17-4-5-18-13)7-9-6-10(14)2-3-11(9)15/h2-3,6,12-13,16H,4-5,7-8H2,1H3. The number of ether oxygens (including phenoxy) is 2. The molecule has 1 aromatic rings. The lowest BCUT2D eigenvalue weighted by Crippen LogP contribution is -2.46. The fourth-order valence-electron chi connectivity index (χ4n) is 2.09. The Morgan fingerprint density at radius 3 is 2.89 bits per heavy atom. The van der Waals surface area contributed by atoms with Gasteiger partial charge in [0.25, 0.3) is 0 Å². The molecule has 0 amide bonds. The van der Waals surface area contributed by atoms with Gasteiger partial charge in [-0.1, -0.05) is 23.2 Å². The molecule has 1 heterocycles. The number of hydrogen-bond donors (Lipinski definition) is 1. The summed E-state index contributed by atoms with van der Waals surface area (Å²) in [6.45, 7) is 1.93. The Kier molecular flexibility index (Phi) is 5.27. The molecule has 0 saturated carbocycles. The monoisotopic (exact) mass is 289 g/mol. The Balaban J connectivity index is 2.06. The molecule has 0 radical (unpaired) electrons. The van der Waals surface area contributed by atoms with E-state index in [9.17, 15) is 0 Å². The predicted molar refractivity (Wildman–Crippen MR) is 73.6 cm³/mol. The molecule has 0 aromatic heterocycles. The van der Waals surface area contributed by atoms with Crippen LogP contribution < -0.4 is 5.32 Å². The molecule has 1 aliphatic heterocycles. The maximum Gasteiger partial charge on any atom is 0.0965 e. The van der Waals surface area contributed by atoms with Gasteiger partial charge in [-0.05, 0) is 37.2 Å². The molecular weight excluding hydrogens is 273 g/mol. The molecule has 0 spiro atoms. The number of rotatable bonds is 4. The molecule has 2 rings (SSSR count). The van der Waals surface area contributed by atoms with Crippen LogP contribution >= 0.6 is 23.2 Å². The van der Waals surface area contributed by atoms with E-state index in [2.05, 4.69) is 5.32 Å². The number of nitrogens with one attached hydrogen (secondary N) is 1. The van der Waals surface area contributed by atoms with Gasteiger partial charge in [0.2, 0.25) is 0 Å². The zero-order valence-electron chi connectivity index (χ0n) is 10.3. The van der Waals surface area contributed by atoms with E-state index >= 15 is 0 Å². The Morgan fingerprint density at radius 2 is 2.22 bits per heavy atom. The second kappa shape index (κ2) is 6.73. The number of likely N-dealkylation sites (N-methyl/N-ethyl adjacent to an activating group) is 1. The summed E-state index contributed by atoms with van der Waals surface area (Å²) < 4.78 is 11.1. The molecule has 18 heavy (non-hydrogen) atoms. The Morgan fingerprint density at radius 1 is 1.39 bits per heavy atom. The molecule has 1 saturated heterocycles. The highest BCUT2D eigenvalue weighted by Gasteiger charge is 2.24. The zero-order valence-corrected chi connectivity index (χ0v) is 11.8. The second-order valence-electron chi connectivity index (χ2n) is 4.32. The maximum atomic E-state index is 6.18. The number of halogens is 2. The normalized spacial score (nSPS) is 21.8. The van der Waals surface area contributed by atoms with Crippen molar-refractivity contribution in [2.45, 2.75) is 18.6 Å². The van der Waals surface area contributed by atoms with E-state index in [1.807, 2.05) is 19.2 Å². The molecule has 1 aromatic carbocycles. The van der Waals surface area contributed by atoms with Crippen LogP contribution in [0.2, 0.25) is 10.0 Å². The molecule has 100 valence electrons. The molecular formula is C13H17Cl2NO2. The van der Waals surface area contributed by atoms with Crippen molar-refractivity contribution in [2.24, 2.45) is 0 Å². The van der Waals surface area contributed by atoms with Crippen molar-refractivity contribution < 1.29 is 9.47 Å². The lowest BCUT2D eigenvalue weighted by molar-refractivity contribution is -0.100. The van der Waals surface area contributed by atoms with Crippen LogP contribution in [0.3, 0.4) is 0 Å². The summed E-state index contributed by atoms with van der Waals surface area (Å²) >= 11 is 12.2. The third-order valence-corrected chi connectivity index (χ3v) is 3.71. The fourth-order valence-corrected chi connectivity index (χ4v) is 2.48. The van der Waals surface area contributed by atoms with Crippen molar-refractivity contribution in [1.82, 2.24) is 5.32 Å². The molecule has 2 atom stereocenters. The minimum absolute atomic E-state index is 0.0544. The van der Waals surface area contributed by atoms with Gasteiger partial charge in [-0.15, -0.1) is 0 Å². The molecule has 0 bridgehead atoms. The molecule has 1 fully saturated rings. The molecule has 5 heteroatoms. The van der Waals surface area contributed by atoms with E-state index < -0.39 is 0 Å². The Bertz CT molecular complexity index is 395. The number of hydrogen-bond acceptors (Lipinski definition) is 3. The van der Waals surface area contributed by atoms with Gasteiger partial charge in [0, 0.05) is 16.1 Å². The van der Waals surface area contributed by atoms with Crippen LogP contribution in [0.15, 0.2) is 18.2 Å². The van der Waals surface area contributed by atoms with Crippen molar-refractivity contribution in [1.29, 1.82) is 0 Å². The summed E-state index contributed by atoms with van der Waals surface area (Å²) in [5.41, 5.74) is 1.03. The maximum absolute atomic E-state index is 6.18. The molecule has 3 nitrogen and oxygen atoms in total. The van der Waals surface area contributed by atoms with Gasteiger partial charge in [-0.25, -0.2) is 0 Å². The van der Waals surface area contributed by atoms with Crippen molar-refractivity contribution in [3.8, 4) is 0 Å².